The molecular weight excluding hydrogens is 393 g/mol. The van der Waals surface area contributed by atoms with Gasteiger partial charge in [-0.25, -0.2) is 4.98 Å². The fraction of sp³-hybridized carbons (Fsp3) is 0.0909. The number of benzene rings is 2. The zero-order valence-corrected chi connectivity index (χ0v) is 16.3. The Kier molecular flexibility index (Phi) is 5.33. The van der Waals surface area contributed by atoms with Crippen LogP contribution in [0.25, 0.3) is 10.9 Å². The average Bonchev–Trinajstić information content (AvgIpc) is 3.10. The number of nitrogens with one attached hydrogen (secondary N) is 2. The number of hydrogen-bond acceptors (Lipinski definition) is 2. The lowest BCUT2D eigenvalue weighted by Crippen LogP contribution is -2.16. The average molecular weight is 410 g/mol. The number of fused-ring (bicyclic) bond motifs is 1. The first kappa shape index (κ1) is 18.5. The number of aromatic nitrogens is 2. The summed E-state index contributed by atoms with van der Waals surface area (Å²) in [5.41, 5.74) is 3.63. The maximum atomic E-state index is 12.8. The number of para-hydroxylation sites is 1. The van der Waals surface area contributed by atoms with E-state index in [0.717, 1.165) is 27.7 Å². The quantitative estimate of drug-likeness (QED) is 0.395. The molecule has 4 rings (SSSR count). The molecule has 1 amide bonds. The van der Waals surface area contributed by atoms with Gasteiger partial charge in [-0.05, 0) is 47.5 Å². The van der Waals surface area contributed by atoms with Crippen molar-refractivity contribution in [3.63, 3.8) is 0 Å². The summed E-state index contributed by atoms with van der Waals surface area (Å²) in [6, 6.07) is 18.7. The number of nitrogens with zero attached hydrogens (tertiary/aromatic N) is 1. The number of carbonyl (C=O) groups is 1. The van der Waals surface area contributed by atoms with Crippen molar-refractivity contribution < 1.29 is 4.79 Å². The molecule has 0 unspecified atom stereocenters. The lowest BCUT2D eigenvalue weighted by molar-refractivity contribution is -0.116. The zero-order valence-electron chi connectivity index (χ0n) is 14.8. The van der Waals surface area contributed by atoms with Crippen molar-refractivity contribution in [1.82, 2.24) is 9.97 Å². The number of rotatable bonds is 5. The Labute approximate surface area is 172 Å². The predicted octanol–water partition coefficient (Wildman–Crippen LogP) is 6.03. The highest BCUT2D eigenvalue weighted by Gasteiger charge is 2.22. The van der Waals surface area contributed by atoms with Crippen LogP contribution in [0, 0.1) is 0 Å². The molecule has 0 spiro atoms. The summed E-state index contributed by atoms with van der Waals surface area (Å²) in [7, 11) is 0. The van der Waals surface area contributed by atoms with E-state index in [2.05, 4.69) is 15.3 Å². The number of anilines is 1. The lowest BCUT2D eigenvalue weighted by Gasteiger charge is -2.17. The topological polar surface area (TPSA) is 57.8 Å². The van der Waals surface area contributed by atoms with E-state index in [1.54, 1.807) is 12.3 Å². The van der Waals surface area contributed by atoms with Crippen LogP contribution in [0.4, 0.5) is 5.69 Å². The Balaban J connectivity index is 1.70. The molecule has 0 aliphatic rings. The van der Waals surface area contributed by atoms with Crippen LogP contribution in [0.1, 0.15) is 23.5 Å². The standard InChI is InChI=1S/C22H17Cl2N3O/c23-15-7-8-20-18(10-15)19(13-25-20)17(14-6-9-21(24)26-12-14)11-22(28)27-16-4-2-1-3-5-16/h1-10,12-13,17,25H,11H2,(H,27,28)/t17-/m0/s1. The fourth-order valence-corrected chi connectivity index (χ4v) is 3.61. The molecule has 2 aromatic carbocycles. The summed E-state index contributed by atoms with van der Waals surface area (Å²) >= 11 is 12.2. The molecule has 4 aromatic rings. The summed E-state index contributed by atoms with van der Waals surface area (Å²) in [6.45, 7) is 0. The van der Waals surface area contributed by atoms with Crippen LogP contribution < -0.4 is 5.32 Å². The van der Waals surface area contributed by atoms with Crippen LogP contribution in [0.3, 0.4) is 0 Å². The van der Waals surface area contributed by atoms with Crippen molar-refractivity contribution >= 4 is 45.7 Å². The van der Waals surface area contributed by atoms with E-state index in [1.165, 1.54) is 0 Å². The summed E-state index contributed by atoms with van der Waals surface area (Å²) < 4.78 is 0. The van der Waals surface area contributed by atoms with Gasteiger partial charge in [0.05, 0.1) is 0 Å². The highest BCUT2D eigenvalue weighted by atomic mass is 35.5. The summed E-state index contributed by atoms with van der Waals surface area (Å²) in [5, 5.41) is 5.00. The maximum absolute atomic E-state index is 12.8. The summed E-state index contributed by atoms with van der Waals surface area (Å²) in [5.74, 6) is -0.275. The zero-order chi connectivity index (χ0) is 19.5. The Morgan fingerprint density at radius 2 is 1.89 bits per heavy atom. The smallest absolute Gasteiger partial charge is 0.225 e. The monoisotopic (exact) mass is 409 g/mol. The van der Waals surface area contributed by atoms with E-state index in [9.17, 15) is 4.79 Å². The largest absolute Gasteiger partial charge is 0.361 e. The third-order valence-corrected chi connectivity index (χ3v) is 5.11. The first-order chi connectivity index (χ1) is 13.6. The van der Waals surface area contributed by atoms with Gasteiger partial charge in [-0.2, -0.15) is 0 Å². The normalized spacial score (nSPS) is 12.1. The van der Waals surface area contributed by atoms with Crippen molar-refractivity contribution in [3.05, 3.63) is 94.4 Å². The molecule has 4 nitrogen and oxygen atoms in total. The van der Waals surface area contributed by atoms with E-state index in [-0.39, 0.29) is 18.2 Å². The summed E-state index contributed by atoms with van der Waals surface area (Å²) in [4.78, 5) is 20.2. The van der Waals surface area contributed by atoms with Gasteiger partial charge in [0.1, 0.15) is 5.15 Å². The number of amides is 1. The molecule has 0 fully saturated rings. The molecule has 0 saturated carbocycles. The van der Waals surface area contributed by atoms with Crippen molar-refractivity contribution in [2.75, 3.05) is 5.32 Å². The molecule has 28 heavy (non-hydrogen) atoms. The molecule has 1 atom stereocenters. The fourth-order valence-electron chi connectivity index (χ4n) is 3.32. The number of pyridine rings is 1. The van der Waals surface area contributed by atoms with Crippen LogP contribution in [0.5, 0.6) is 0 Å². The van der Waals surface area contributed by atoms with Crippen LogP contribution in [-0.4, -0.2) is 15.9 Å². The third-order valence-electron chi connectivity index (χ3n) is 4.65. The molecular formula is C22H17Cl2N3O. The molecule has 140 valence electrons. The molecule has 2 aromatic heterocycles. The predicted molar refractivity (Wildman–Crippen MR) is 114 cm³/mol. The minimum absolute atomic E-state index is 0.0810. The van der Waals surface area contributed by atoms with Gasteiger partial charge in [0.25, 0.3) is 0 Å². The Hall–Kier alpha value is -2.82. The van der Waals surface area contributed by atoms with Crippen molar-refractivity contribution in [1.29, 1.82) is 0 Å². The molecule has 0 radical (unpaired) electrons. The van der Waals surface area contributed by atoms with Gasteiger partial charge in [-0.3, -0.25) is 4.79 Å². The lowest BCUT2D eigenvalue weighted by atomic mass is 9.89. The number of aromatic amines is 1. The number of carbonyl (C=O) groups excluding carboxylic acids is 1. The first-order valence-electron chi connectivity index (χ1n) is 8.83. The van der Waals surface area contributed by atoms with E-state index in [0.29, 0.717) is 10.2 Å². The van der Waals surface area contributed by atoms with Crippen LogP contribution >= 0.6 is 23.2 Å². The number of hydrogen-bond donors (Lipinski definition) is 2. The summed E-state index contributed by atoms with van der Waals surface area (Å²) in [6.07, 6.45) is 3.90. The number of halogens is 2. The van der Waals surface area contributed by atoms with Crippen molar-refractivity contribution in [2.45, 2.75) is 12.3 Å². The van der Waals surface area contributed by atoms with Crippen molar-refractivity contribution in [3.8, 4) is 0 Å². The van der Waals surface area contributed by atoms with Gasteiger partial charge < -0.3 is 10.3 Å². The molecule has 0 saturated heterocycles. The SMILES string of the molecule is O=C(C[C@@H](c1ccc(Cl)nc1)c1c[nH]c2ccc(Cl)cc12)Nc1ccccc1. The van der Waals surface area contributed by atoms with Gasteiger partial charge in [-0.1, -0.05) is 47.5 Å². The van der Waals surface area contributed by atoms with Gasteiger partial charge in [-0.15, -0.1) is 0 Å². The molecule has 0 aliphatic heterocycles. The number of H-pyrrole nitrogens is 1. The van der Waals surface area contributed by atoms with Gasteiger partial charge in [0.15, 0.2) is 0 Å². The van der Waals surface area contributed by atoms with Crippen LogP contribution in [0.2, 0.25) is 10.2 Å². The highest BCUT2D eigenvalue weighted by Crippen LogP contribution is 2.34. The Morgan fingerprint density at radius 1 is 1.07 bits per heavy atom. The molecule has 6 heteroatoms. The second-order valence-corrected chi connectivity index (χ2v) is 7.34. The first-order valence-corrected chi connectivity index (χ1v) is 9.58. The van der Waals surface area contributed by atoms with Gasteiger partial charge in [0.2, 0.25) is 5.91 Å². The van der Waals surface area contributed by atoms with Crippen LogP contribution in [-0.2, 0) is 4.79 Å². The molecule has 0 bridgehead atoms. The third kappa shape index (κ3) is 4.03. The Bertz CT molecular complexity index is 1110. The van der Waals surface area contributed by atoms with Crippen molar-refractivity contribution in [2.24, 2.45) is 0 Å². The van der Waals surface area contributed by atoms with E-state index in [4.69, 9.17) is 23.2 Å². The second kappa shape index (κ2) is 8.05. The Morgan fingerprint density at radius 3 is 2.64 bits per heavy atom. The van der Waals surface area contributed by atoms with E-state index >= 15 is 0 Å². The minimum Gasteiger partial charge on any atom is -0.361 e. The molecule has 2 N–H and O–H groups in total. The van der Waals surface area contributed by atoms with E-state index < -0.39 is 0 Å². The van der Waals surface area contributed by atoms with E-state index in [1.807, 2.05) is 60.8 Å². The van der Waals surface area contributed by atoms with Crippen LogP contribution in [0.15, 0.2) is 73.1 Å². The highest BCUT2D eigenvalue weighted by molar-refractivity contribution is 6.31. The second-order valence-electron chi connectivity index (χ2n) is 6.52. The minimum atomic E-state index is -0.194. The molecule has 0 aliphatic carbocycles. The maximum Gasteiger partial charge on any atom is 0.225 e. The molecule has 2 heterocycles. The van der Waals surface area contributed by atoms with Gasteiger partial charge >= 0.3 is 0 Å². The van der Waals surface area contributed by atoms with Gasteiger partial charge in [0, 0.05) is 46.3 Å².